The van der Waals surface area contributed by atoms with Gasteiger partial charge in [-0.05, 0) is 12.1 Å². The van der Waals surface area contributed by atoms with E-state index in [0.29, 0.717) is 5.88 Å². The number of methoxy groups -OCH3 is 1. The summed E-state index contributed by atoms with van der Waals surface area (Å²) in [7, 11) is 1.65. The Bertz CT molecular complexity index is 572. The number of benzene rings is 1. The van der Waals surface area contributed by atoms with Crippen molar-refractivity contribution < 1.29 is 4.74 Å². The molecule has 1 aromatic carbocycles. The Hall–Kier alpha value is -1.55. The van der Waals surface area contributed by atoms with E-state index in [1.54, 1.807) is 7.11 Å². The Labute approximate surface area is 118 Å². The second kappa shape index (κ2) is 5.21. The number of nitrogens with zero attached hydrogens (tertiary/aromatic N) is 3. The molecule has 0 saturated heterocycles. The molecule has 1 heterocycles. The number of hydrogen-bond acceptors (Lipinski definition) is 3. The fourth-order valence-corrected chi connectivity index (χ4v) is 2.31. The highest BCUT2D eigenvalue weighted by molar-refractivity contribution is 6.17. The van der Waals surface area contributed by atoms with Crippen LogP contribution < -0.4 is 4.74 Å². The zero-order valence-corrected chi connectivity index (χ0v) is 12.4. The molecule has 0 atom stereocenters. The highest BCUT2D eigenvalue weighted by Gasteiger charge is 2.26. The number of hydrogen-bond donors (Lipinski definition) is 0. The molecule has 0 radical (unpaired) electrons. The minimum Gasteiger partial charge on any atom is -0.494 e. The first-order chi connectivity index (χ1) is 8.99. The largest absolute Gasteiger partial charge is 0.494 e. The minimum atomic E-state index is -0.103. The normalized spacial score (nSPS) is 11.6. The maximum absolute atomic E-state index is 5.97. The molecule has 0 unspecified atom stereocenters. The lowest BCUT2D eigenvalue weighted by molar-refractivity contribution is 0.409. The van der Waals surface area contributed by atoms with Gasteiger partial charge in [0, 0.05) is 5.41 Å². The van der Waals surface area contributed by atoms with Crippen molar-refractivity contribution in [1.29, 1.82) is 0 Å². The minimum absolute atomic E-state index is 0.103. The highest BCUT2D eigenvalue weighted by atomic mass is 35.5. The van der Waals surface area contributed by atoms with Crippen LogP contribution in [0.1, 0.15) is 32.2 Å². The van der Waals surface area contributed by atoms with E-state index >= 15 is 0 Å². The lowest BCUT2D eigenvalue weighted by atomic mass is 9.90. The fourth-order valence-electron chi connectivity index (χ4n) is 2.13. The van der Waals surface area contributed by atoms with Gasteiger partial charge in [-0.3, -0.25) is 0 Å². The first-order valence-corrected chi connectivity index (χ1v) is 6.67. The van der Waals surface area contributed by atoms with Gasteiger partial charge in [0.1, 0.15) is 17.1 Å². The van der Waals surface area contributed by atoms with Crippen LogP contribution in [0.15, 0.2) is 24.3 Å². The van der Waals surface area contributed by atoms with Gasteiger partial charge in [-0.15, -0.1) is 16.7 Å². The van der Waals surface area contributed by atoms with E-state index in [1.807, 2.05) is 28.9 Å². The second-order valence-corrected chi connectivity index (χ2v) is 5.62. The molecule has 0 saturated carbocycles. The molecule has 1 aromatic heterocycles. The first-order valence-electron chi connectivity index (χ1n) is 6.13. The average Bonchev–Trinajstić information content (AvgIpc) is 2.82. The number of para-hydroxylation sites is 2. The molecular weight excluding hydrogens is 262 g/mol. The third-order valence-corrected chi connectivity index (χ3v) is 3.14. The van der Waals surface area contributed by atoms with Crippen molar-refractivity contribution >= 4 is 11.6 Å². The van der Waals surface area contributed by atoms with Crippen molar-refractivity contribution in [3.8, 4) is 11.4 Å². The summed E-state index contributed by atoms with van der Waals surface area (Å²) in [6.45, 7) is 6.36. The van der Waals surface area contributed by atoms with Gasteiger partial charge < -0.3 is 4.74 Å². The molecule has 2 aromatic rings. The van der Waals surface area contributed by atoms with Crippen LogP contribution >= 0.6 is 11.6 Å². The number of ether oxygens (including phenoxy) is 1. The maximum Gasteiger partial charge on any atom is 0.144 e. The van der Waals surface area contributed by atoms with Crippen molar-refractivity contribution in [1.82, 2.24) is 15.0 Å². The summed E-state index contributed by atoms with van der Waals surface area (Å²) in [6, 6.07) is 7.75. The van der Waals surface area contributed by atoms with Crippen LogP contribution in [0.5, 0.6) is 5.75 Å². The van der Waals surface area contributed by atoms with E-state index in [1.165, 1.54) is 0 Å². The third-order valence-electron chi connectivity index (χ3n) is 2.89. The smallest absolute Gasteiger partial charge is 0.144 e. The Balaban J connectivity index is 2.66. The van der Waals surface area contributed by atoms with Crippen LogP contribution in [0, 0.1) is 0 Å². The van der Waals surface area contributed by atoms with Crippen LogP contribution in [-0.4, -0.2) is 22.1 Å². The molecule has 5 heteroatoms. The molecule has 0 amide bonds. The van der Waals surface area contributed by atoms with E-state index in [2.05, 4.69) is 31.1 Å². The van der Waals surface area contributed by atoms with E-state index in [4.69, 9.17) is 16.3 Å². The summed E-state index contributed by atoms with van der Waals surface area (Å²) in [5, 5.41) is 8.41. The summed E-state index contributed by atoms with van der Waals surface area (Å²) in [5.41, 5.74) is 2.58. The van der Waals surface area contributed by atoms with Gasteiger partial charge in [0.25, 0.3) is 0 Å². The van der Waals surface area contributed by atoms with Crippen molar-refractivity contribution in [2.45, 2.75) is 32.1 Å². The van der Waals surface area contributed by atoms with Crippen molar-refractivity contribution in [3.63, 3.8) is 0 Å². The molecule has 0 aliphatic carbocycles. The van der Waals surface area contributed by atoms with Gasteiger partial charge in [0.05, 0.1) is 18.7 Å². The van der Waals surface area contributed by atoms with Crippen LogP contribution in [0.2, 0.25) is 0 Å². The molecule has 0 N–H and O–H groups in total. The summed E-state index contributed by atoms with van der Waals surface area (Å²) in [5.74, 6) is 1.11. The van der Waals surface area contributed by atoms with Gasteiger partial charge in [0.15, 0.2) is 0 Å². The quantitative estimate of drug-likeness (QED) is 0.809. The standard InChI is InChI=1S/C14H18ClN3O/c1-14(2,3)13-10(9-15)16-17-18(13)11-7-5-6-8-12(11)19-4/h5-8H,9H2,1-4H3. The van der Waals surface area contributed by atoms with E-state index in [-0.39, 0.29) is 5.41 Å². The average molecular weight is 280 g/mol. The molecule has 0 aliphatic heterocycles. The van der Waals surface area contributed by atoms with Crippen molar-refractivity contribution in [2.75, 3.05) is 7.11 Å². The Morgan fingerprint density at radius 2 is 1.95 bits per heavy atom. The summed E-state index contributed by atoms with van der Waals surface area (Å²) in [4.78, 5) is 0. The predicted octanol–water partition coefficient (Wildman–Crippen LogP) is 3.31. The van der Waals surface area contributed by atoms with Gasteiger partial charge in [-0.1, -0.05) is 38.1 Å². The van der Waals surface area contributed by atoms with Crippen molar-refractivity contribution in [3.05, 3.63) is 35.7 Å². The highest BCUT2D eigenvalue weighted by Crippen LogP contribution is 2.31. The topological polar surface area (TPSA) is 39.9 Å². The second-order valence-electron chi connectivity index (χ2n) is 5.35. The van der Waals surface area contributed by atoms with Crippen LogP contribution in [0.4, 0.5) is 0 Å². The molecule has 102 valence electrons. The SMILES string of the molecule is COc1ccccc1-n1nnc(CCl)c1C(C)(C)C. The van der Waals surface area contributed by atoms with Gasteiger partial charge in [-0.25, -0.2) is 4.68 Å². The van der Waals surface area contributed by atoms with Gasteiger partial charge >= 0.3 is 0 Å². The lowest BCUT2D eigenvalue weighted by Gasteiger charge is -2.21. The number of rotatable bonds is 3. The fraction of sp³-hybridized carbons (Fsp3) is 0.429. The van der Waals surface area contributed by atoms with Gasteiger partial charge in [0.2, 0.25) is 0 Å². The number of aromatic nitrogens is 3. The molecule has 0 aliphatic rings. The summed E-state index contributed by atoms with van der Waals surface area (Å²) < 4.78 is 7.20. The molecule has 19 heavy (non-hydrogen) atoms. The summed E-state index contributed by atoms with van der Waals surface area (Å²) in [6.07, 6.45) is 0. The molecule has 0 bridgehead atoms. The predicted molar refractivity (Wildman–Crippen MR) is 76.2 cm³/mol. The molecule has 4 nitrogen and oxygen atoms in total. The molecular formula is C14H18ClN3O. The third kappa shape index (κ3) is 2.59. The lowest BCUT2D eigenvalue weighted by Crippen LogP contribution is -2.19. The maximum atomic E-state index is 5.97. The zero-order chi connectivity index (χ0) is 14.0. The van der Waals surface area contributed by atoms with Gasteiger partial charge in [-0.2, -0.15) is 0 Å². The van der Waals surface area contributed by atoms with Crippen LogP contribution in [0.25, 0.3) is 5.69 Å². The Morgan fingerprint density at radius 3 is 2.53 bits per heavy atom. The first kappa shape index (κ1) is 13.9. The van der Waals surface area contributed by atoms with E-state index < -0.39 is 0 Å². The molecule has 2 rings (SSSR count). The van der Waals surface area contributed by atoms with E-state index in [9.17, 15) is 0 Å². The Kier molecular flexibility index (Phi) is 3.80. The van der Waals surface area contributed by atoms with Crippen LogP contribution in [0.3, 0.4) is 0 Å². The van der Waals surface area contributed by atoms with Crippen LogP contribution in [-0.2, 0) is 11.3 Å². The molecule has 0 fully saturated rings. The summed E-state index contributed by atoms with van der Waals surface area (Å²) >= 11 is 5.97. The van der Waals surface area contributed by atoms with E-state index in [0.717, 1.165) is 22.8 Å². The number of alkyl halides is 1. The monoisotopic (exact) mass is 279 g/mol. The Morgan fingerprint density at radius 1 is 1.26 bits per heavy atom. The van der Waals surface area contributed by atoms with Crippen molar-refractivity contribution in [2.24, 2.45) is 0 Å². The zero-order valence-electron chi connectivity index (χ0n) is 11.6. The molecule has 0 spiro atoms. The number of halogens is 1.